The summed E-state index contributed by atoms with van der Waals surface area (Å²) in [4.78, 5) is 0. The van der Waals surface area contributed by atoms with Crippen LogP contribution >= 0.6 is 0 Å². The van der Waals surface area contributed by atoms with E-state index in [1.165, 1.54) is 0 Å². The van der Waals surface area contributed by atoms with E-state index in [1.54, 1.807) is 0 Å². The largest absolute Gasteiger partial charge is 0.412 e. The van der Waals surface area contributed by atoms with Crippen LogP contribution in [0.4, 0.5) is 0 Å². The summed E-state index contributed by atoms with van der Waals surface area (Å²) in [6.45, 7) is 0. The highest BCUT2D eigenvalue weighted by Crippen LogP contribution is 1.60. The molecule has 0 fully saturated rings. The molecule has 0 saturated heterocycles. The lowest BCUT2D eigenvalue weighted by atomic mass is 15.8. The second-order valence-electron chi connectivity index (χ2n) is 1.79. The second-order valence-corrected chi connectivity index (χ2v) is 5.37. The quantitative estimate of drug-likeness (QED) is 0.138. The molecule has 0 aromatic rings. The van der Waals surface area contributed by atoms with E-state index in [2.05, 4.69) is 0 Å². The first-order chi connectivity index (χ1) is 8.00. The molecule has 0 radical (unpaired) electrons. The molecule has 23 nitrogen and oxygen atoms in total. The minimum atomic E-state index is -4.67. The van der Waals surface area contributed by atoms with Crippen molar-refractivity contribution < 1.29 is 108 Å². The molecule has 0 aromatic heterocycles. The minimum absolute atomic E-state index is 0. The number of rotatable bonds is 0. The zero-order valence-corrected chi connectivity index (χ0v) is 15.2. The lowest BCUT2D eigenvalue weighted by Crippen LogP contribution is -1.89. The van der Waals surface area contributed by atoms with Crippen LogP contribution in [0.3, 0.4) is 0 Å². The Bertz CT molecular complexity index is 469. The molecule has 184 valence electrons. The summed E-state index contributed by atoms with van der Waals surface area (Å²) in [6.07, 6.45) is 0. The van der Waals surface area contributed by atoms with Gasteiger partial charge in [-0.25, -0.2) is 0 Å². The van der Waals surface area contributed by atoms with Gasteiger partial charge in [0, 0.05) is 0 Å². The molecule has 0 heterocycles. The van der Waals surface area contributed by atoms with Crippen molar-refractivity contribution in [1.82, 2.24) is 0 Å². The Labute approximate surface area is 150 Å². The Morgan fingerprint density at radius 1 is 0.259 bits per heavy atom. The van der Waals surface area contributed by atoms with Crippen LogP contribution in [0.1, 0.15) is 0 Å². The van der Waals surface area contributed by atoms with Gasteiger partial charge in [0.25, 0.3) is 0 Å². The third-order valence-corrected chi connectivity index (χ3v) is 0. The standard InChI is InChI=1S/4H2O4S.7H2O/c4*1-5(2,3)4;;;;;;;/h4*(H2,1,2,3,4);7*1H2. The predicted octanol–water partition coefficient (Wildman–Crippen LogP) is -8.38. The van der Waals surface area contributed by atoms with Crippen molar-refractivity contribution in [3.63, 3.8) is 0 Å². The number of hydrogen-bond acceptors (Lipinski definition) is 8. The summed E-state index contributed by atoms with van der Waals surface area (Å²) in [7, 11) is -18.7. The van der Waals surface area contributed by atoms with Gasteiger partial charge in [0.1, 0.15) is 0 Å². The summed E-state index contributed by atoms with van der Waals surface area (Å²) in [5.41, 5.74) is 0. The molecule has 0 rings (SSSR count). The Kier molecular flexibility index (Phi) is 73.1. The maximum absolute atomic E-state index is 8.74. The van der Waals surface area contributed by atoms with Gasteiger partial charge in [-0.05, 0) is 0 Å². The molecule has 0 aliphatic rings. The monoisotopic (exact) mass is 518 g/mol. The smallest absolute Gasteiger partial charge is 0.394 e. The van der Waals surface area contributed by atoms with Gasteiger partial charge in [-0.3, -0.25) is 36.4 Å². The normalized spacial score (nSPS) is 8.59. The van der Waals surface area contributed by atoms with Crippen molar-refractivity contribution in [2.45, 2.75) is 0 Å². The summed E-state index contributed by atoms with van der Waals surface area (Å²) in [6, 6.07) is 0. The molecule has 0 spiro atoms. The molecule has 0 aliphatic heterocycles. The van der Waals surface area contributed by atoms with Crippen molar-refractivity contribution in [3.8, 4) is 0 Å². The van der Waals surface area contributed by atoms with E-state index in [1.807, 2.05) is 0 Å². The fourth-order valence-electron chi connectivity index (χ4n) is 0. The van der Waals surface area contributed by atoms with Crippen LogP contribution in [0, 0.1) is 0 Å². The maximum atomic E-state index is 8.74. The Hall–Kier alpha value is -0.800. The Morgan fingerprint density at radius 2 is 0.259 bits per heavy atom. The van der Waals surface area contributed by atoms with Gasteiger partial charge in [0.05, 0.1) is 0 Å². The molecule has 0 unspecified atom stereocenters. The lowest BCUT2D eigenvalue weighted by molar-refractivity contribution is 0.378. The van der Waals surface area contributed by atoms with Crippen molar-refractivity contribution in [2.75, 3.05) is 0 Å². The topological polar surface area (TPSA) is 519 Å². The minimum Gasteiger partial charge on any atom is -0.412 e. The predicted molar refractivity (Wildman–Crippen MR) is 82.0 cm³/mol. The van der Waals surface area contributed by atoms with Crippen molar-refractivity contribution >= 4 is 41.6 Å². The number of hydrogen-bond donors (Lipinski definition) is 8. The Balaban J connectivity index is -0.0000000129. The molecular weight excluding hydrogens is 496 g/mol. The molecule has 27 heteroatoms. The molecule has 0 aromatic carbocycles. The van der Waals surface area contributed by atoms with E-state index < -0.39 is 41.6 Å². The first-order valence-electron chi connectivity index (χ1n) is 2.79. The highest BCUT2D eigenvalue weighted by atomic mass is 32.3. The molecule has 22 N–H and O–H groups in total. The van der Waals surface area contributed by atoms with Crippen molar-refractivity contribution in [3.05, 3.63) is 0 Å². The fraction of sp³-hybridized carbons (Fsp3) is 0. The van der Waals surface area contributed by atoms with Crippen LogP contribution in [-0.2, 0) is 41.6 Å². The summed E-state index contributed by atoms with van der Waals surface area (Å²) in [5.74, 6) is 0. The molecule has 0 aliphatic carbocycles. The van der Waals surface area contributed by atoms with Gasteiger partial charge >= 0.3 is 41.6 Å². The SMILES string of the molecule is O.O.O.O.O.O.O.O=S(=O)(O)O.O=S(=O)(O)O.O=S(=O)(O)O.O=S(=O)(O)O. The maximum Gasteiger partial charge on any atom is 0.394 e. The van der Waals surface area contributed by atoms with Crippen molar-refractivity contribution in [2.24, 2.45) is 0 Å². The van der Waals surface area contributed by atoms with E-state index in [-0.39, 0.29) is 38.3 Å². The van der Waals surface area contributed by atoms with E-state index >= 15 is 0 Å². The average Bonchev–Trinajstić information content (AvgIpc) is 1.62. The highest BCUT2D eigenvalue weighted by molar-refractivity contribution is 7.80. The first-order valence-corrected chi connectivity index (χ1v) is 8.38. The third-order valence-electron chi connectivity index (χ3n) is 0. The van der Waals surface area contributed by atoms with Crippen LogP contribution in [-0.4, -0.2) is 108 Å². The second kappa shape index (κ2) is 27.4. The van der Waals surface area contributed by atoms with Crippen molar-refractivity contribution in [1.29, 1.82) is 0 Å². The molecule has 0 bridgehead atoms. The van der Waals surface area contributed by atoms with Crippen LogP contribution in [0.2, 0.25) is 0 Å². The highest BCUT2D eigenvalue weighted by Gasteiger charge is 1.86. The van der Waals surface area contributed by atoms with E-state index in [0.29, 0.717) is 0 Å². The molecule has 0 saturated carbocycles. The van der Waals surface area contributed by atoms with Gasteiger partial charge in [-0.2, -0.15) is 33.7 Å². The van der Waals surface area contributed by atoms with Gasteiger partial charge in [-0.15, -0.1) is 0 Å². The first kappa shape index (κ1) is 72.0. The average molecular weight is 518 g/mol. The lowest BCUT2D eigenvalue weighted by Gasteiger charge is -1.68. The van der Waals surface area contributed by atoms with Gasteiger partial charge in [-0.1, -0.05) is 0 Å². The van der Waals surface area contributed by atoms with Crippen LogP contribution in [0.25, 0.3) is 0 Å². The Morgan fingerprint density at radius 3 is 0.259 bits per heavy atom. The molecule has 0 amide bonds. The molecule has 27 heavy (non-hydrogen) atoms. The van der Waals surface area contributed by atoms with Gasteiger partial charge in [0.15, 0.2) is 0 Å². The van der Waals surface area contributed by atoms with Gasteiger partial charge in [0.2, 0.25) is 0 Å². The fourth-order valence-corrected chi connectivity index (χ4v) is 0. The summed E-state index contributed by atoms with van der Waals surface area (Å²) < 4.78 is 126. The molecule has 0 atom stereocenters. The van der Waals surface area contributed by atoms with Gasteiger partial charge < -0.3 is 38.3 Å². The van der Waals surface area contributed by atoms with E-state index in [0.717, 1.165) is 0 Å². The zero-order valence-electron chi connectivity index (χ0n) is 12.0. The zero-order chi connectivity index (χ0) is 18.0. The molecular formula is H22O23S4. The van der Waals surface area contributed by atoms with Crippen LogP contribution < -0.4 is 0 Å². The summed E-state index contributed by atoms with van der Waals surface area (Å²) >= 11 is 0. The third kappa shape index (κ3) is 21200. The summed E-state index contributed by atoms with van der Waals surface area (Å²) in [5, 5.41) is 0. The van der Waals surface area contributed by atoms with Crippen LogP contribution in [0.15, 0.2) is 0 Å². The van der Waals surface area contributed by atoms with Crippen LogP contribution in [0.5, 0.6) is 0 Å². The van der Waals surface area contributed by atoms with E-state index in [4.69, 9.17) is 70.1 Å². The van der Waals surface area contributed by atoms with E-state index in [9.17, 15) is 0 Å².